The molecule has 0 bridgehead atoms. The van der Waals surface area contributed by atoms with E-state index in [0.717, 1.165) is 5.56 Å². The summed E-state index contributed by atoms with van der Waals surface area (Å²) < 4.78 is 52.3. The number of nitrogens with zero attached hydrogens (tertiary/aromatic N) is 1. The third-order valence-corrected chi connectivity index (χ3v) is 4.80. The molecule has 4 nitrogen and oxygen atoms in total. The van der Waals surface area contributed by atoms with Crippen LogP contribution in [0.5, 0.6) is 0 Å². The van der Waals surface area contributed by atoms with Gasteiger partial charge in [0.1, 0.15) is 5.82 Å². The predicted octanol–water partition coefficient (Wildman–Crippen LogP) is 5.64. The summed E-state index contributed by atoms with van der Waals surface area (Å²) in [4.78, 5) is 18.5. The van der Waals surface area contributed by atoms with Crippen molar-refractivity contribution in [2.75, 3.05) is 0 Å². The zero-order valence-corrected chi connectivity index (χ0v) is 16.5. The van der Waals surface area contributed by atoms with Gasteiger partial charge in [-0.15, -0.1) is 0 Å². The number of hydrogen-bond donors (Lipinski definition) is 2. The number of fused-ring (bicyclic) bond motifs is 1. The lowest BCUT2D eigenvalue weighted by atomic mass is 9.98. The van der Waals surface area contributed by atoms with E-state index in [2.05, 4.69) is 15.3 Å². The van der Waals surface area contributed by atoms with Crippen molar-refractivity contribution in [1.29, 1.82) is 0 Å². The Balaban J connectivity index is 1.64. The smallest absolute Gasteiger partial charge is 0.342 e. The van der Waals surface area contributed by atoms with Crippen LogP contribution >= 0.6 is 0 Å². The maximum Gasteiger partial charge on any atom is 0.449 e. The molecule has 4 aromatic rings. The lowest BCUT2D eigenvalue weighted by Crippen LogP contribution is -2.27. The Morgan fingerprint density at radius 1 is 0.969 bits per heavy atom. The van der Waals surface area contributed by atoms with Crippen LogP contribution in [-0.2, 0) is 11.0 Å². The number of halogens is 4. The fourth-order valence-electron chi connectivity index (χ4n) is 3.32. The minimum Gasteiger partial charge on any atom is -0.342 e. The summed E-state index contributed by atoms with van der Waals surface area (Å²) in [5.74, 6) is -1.94. The number of benzene rings is 3. The van der Waals surface area contributed by atoms with Crippen molar-refractivity contribution in [3.05, 3.63) is 107 Å². The number of carbonyl (C=O) groups excluding carboxylic acids is 1. The van der Waals surface area contributed by atoms with Crippen LogP contribution in [0.2, 0.25) is 0 Å². The molecule has 1 amide bonds. The van der Waals surface area contributed by atoms with Crippen molar-refractivity contribution >= 4 is 23.0 Å². The van der Waals surface area contributed by atoms with Gasteiger partial charge in [-0.05, 0) is 47.0 Å². The molecule has 0 aliphatic carbocycles. The van der Waals surface area contributed by atoms with Gasteiger partial charge in [0.2, 0.25) is 11.7 Å². The molecule has 3 aromatic carbocycles. The molecule has 0 saturated heterocycles. The average molecular weight is 439 g/mol. The van der Waals surface area contributed by atoms with E-state index in [9.17, 15) is 22.4 Å². The number of nitrogens with one attached hydrogen (secondary N) is 2. The maximum atomic E-state index is 13.3. The van der Waals surface area contributed by atoms with Gasteiger partial charge in [0, 0.05) is 6.08 Å². The van der Waals surface area contributed by atoms with Crippen molar-refractivity contribution < 1.29 is 22.4 Å². The van der Waals surface area contributed by atoms with E-state index in [0.29, 0.717) is 11.1 Å². The summed E-state index contributed by atoms with van der Waals surface area (Å²) in [6.07, 6.45) is -1.83. The molecule has 1 heterocycles. The van der Waals surface area contributed by atoms with Crippen LogP contribution < -0.4 is 5.32 Å². The second-order valence-corrected chi connectivity index (χ2v) is 7.10. The Labute approximate surface area is 180 Å². The number of alkyl halides is 3. The molecule has 1 unspecified atom stereocenters. The standard InChI is InChI=1S/C24H17F4N3O/c25-18-8-4-5-15(13-18)9-12-21(32)31-22(16-6-2-1-3-7-16)17-10-11-19-20(14-17)30-23(29-19)24(26,27)28/h1-14,22H,(H,29,30)(H,31,32)/b12-9+. The first kappa shape index (κ1) is 21.3. The maximum absolute atomic E-state index is 13.3. The number of hydrogen-bond acceptors (Lipinski definition) is 2. The number of rotatable bonds is 5. The Kier molecular flexibility index (Phi) is 5.77. The molecule has 2 N–H and O–H groups in total. The van der Waals surface area contributed by atoms with Gasteiger partial charge >= 0.3 is 6.18 Å². The quantitative estimate of drug-likeness (QED) is 0.312. The largest absolute Gasteiger partial charge is 0.449 e. The van der Waals surface area contributed by atoms with Crippen LogP contribution in [0.1, 0.15) is 28.6 Å². The first-order valence-electron chi connectivity index (χ1n) is 9.65. The Morgan fingerprint density at radius 3 is 2.47 bits per heavy atom. The molecule has 1 aromatic heterocycles. The van der Waals surface area contributed by atoms with Gasteiger partial charge in [-0.25, -0.2) is 9.37 Å². The summed E-state index contributed by atoms with van der Waals surface area (Å²) in [7, 11) is 0. The summed E-state index contributed by atoms with van der Waals surface area (Å²) in [6.45, 7) is 0. The van der Waals surface area contributed by atoms with Crippen molar-refractivity contribution in [3.8, 4) is 0 Å². The second-order valence-electron chi connectivity index (χ2n) is 7.10. The fourth-order valence-corrected chi connectivity index (χ4v) is 3.32. The highest BCUT2D eigenvalue weighted by Crippen LogP contribution is 2.30. The van der Waals surface area contributed by atoms with Crippen molar-refractivity contribution in [3.63, 3.8) is 0 Å². The van der Waals surface area contributed by atoms with Crippen LogP contribution in [0.3, 0.4) is 0 Å². The summed E-state index contributed by atoms with van der Waals surface area (Å²) in [5, 5.41) is 2.86. The highest BCUT2D eigenvalue weighted by Gasteiger charge is 2.34. The SMILES string of the molecule is O=C(/C=C/c1cccc(F)c1)NC(c1ccccc1)c1ccc2nc(C(F)(F)F)[nH]c2c1. The van der Waals surface area contributed by atoms with Gasteiger partial charge < -0.3 is 10.3 Å². The summed E-state index contributed by atoms with van der Waals surface area (Å²) in [6, 6.07) is 18.8. The molecular weight excluding hydrogens is 422 g/mol. The molecule has 0 aliphatic heterocycles. The number of imidazole rings is 1. The van der Waals surface area contributed by atoms with Crippen LogP contribution in [-0.4, -0.2) is 15.9 Å². The van der Waals surface area contributed by atoms with E-state index in [1.807, 2.05) is 6.07 Å². The highest BCUT2D eigenvalue weighted by atomic mass is 19.4. The summed E-state index contributed by atoms with van der Waals surface area (Å²) >= 11 is 0. The van der Waals surface area contributed by atoms with Gasteiger partial charge in [-0.2, -0.15) is 13.2 Å². The van der Waals surface area contributed by atoms with Crippen LogP contribution in [0.25, 0.3) is 17.1 Å². The molecule has 0 radical (unpaired) electrons. The number of H-pyrrole nitrogens is 1. The van der Waals surface area contributed by atoms with Crippen molar-refractivity contribution in [2.24, 2.45) is 0 Å². The topological polar surface area (TPSA) is 57.8 Å². The van der Waals surface area contributed by atoms with Crippen molar-refractivity contribution in [1.82, 2.24) is 15.3 Å². The molecule has 0 saturated carbocycles. The average Bonchev–Trinajstić information content (AvgIpc) is 3.21. The fraction of sp³-hybridized carbons (Fsp3) is 0.0833. The molecule has 32 heavy (non-hydrogen) atoms. The van der Waals surface area contributed by atoms with E-state index < -0.39 is 29.8 Å². The molecule has 0 fully saturated rings. The van der Waals surface area contributed by atoms with Crippen LogP contribution in [0, 0.1) is 5.82 Å². The second kappa shape index (κ2) is 8.66. The minimum atomic E-state index is -4.59. The molecule has 1 atom stereocenters. The minimum absolute atomic E-state index is 0.171. The van der Waals surface area contributed by atoms with Gasteiger partial charge in [0.15, 0.2) is 0 Å². The van der Waals surface area contributed by atoms with Gasteiger partial charge in [0.25, 0.3) is 0 Å². The van der Waals surface area contributed by atoms with Gasteiger partial charge in [-0.1, -0.05) is 48.5 Å². The number of amides is 1. The number of aromatic amines is 1. The number of aromatic nitrogens is 2. The van der Waals surface area contributed by atoms with E-state index in [1.54, 1.807) is 36.4 Å². The molecule has 8 heteroatoms. The van der Waals surface area contributed by atoms with Crippen LogP contribution in [0.15, 0.2) is 78.9 Å². The van der Waals surface area contributed by atoms with Crippen LogP contribution in [0.4, 0.5) is 17.6 Å². The van der Waals surface area contributed by atoms with E-state index >= 15 is 0 Å². The Morgan fingerprint density at radius 2 is 1.75 bits per heavy atom. The van der Waals surface area contributed by atoms with E-state index in [-0.39, 0.29) is 11.0 Å². The van der Waals surface area contributed by atoms with E-state index in [4.69, 9.17) is 0 Å². The molecule has 0 aliphatic rings. The highest BCUT2D eigenvalue weighted by molar-refractivity contribution is 5.92. The zero-order chi connectivity index (χ0) is 22.7. The monoisotopic (exact) mass is 439 g/mol. The number of carbonyl (C=O) groups is 1. The normalized spacial score (nSPS) is 12.9. The van der Waals surface area contributed by atoms with Crippen molar-refractivity contribution in [2.45, 2.75) is 12.2 Å². The Bertz CT molecular complexity index is 1280. The lowest BCUT2D eigenvalue weighted by molar-refractivity contribution is -0.144. The third-order valence-electron chi connectivity index (χ3n) is 4.80. The third kappa shape index (κ3) is 4.85. The molecule has 162 valence electrons. The zero-order valence-electron chi connectivity index (χ0n) is 16.5. The first-order valence-corrected chi connectivity index (χ1v) is 9.65. The predicted molar refractivity (Wildman–Crippen MR) is 113 cm³/mol. The first-order chi connectivity index (χ1) is 15.3. The van der Waals surface area contributed by atoms with Gasteiger partial charge in [-0.3, -0.25) is 4.79 Å². The lowest BCUT2D eigenvalue weighted by Gasteiger charge is -2.19. The summed E-state index contributed by atoms with van der Waals surface area (Å²) in [5.41, 5.74) is 2.23. The van der Waals surface area contributed by atoms with Gasteiger partial charge in [0.05, 0.1) is 17.1 Å². The molecular formula is C24H17F4N3O. The molecule has 0 spiro atoms. The molecule has 4 rings (SSSR count). The Hall–Kier alpha value is -3.94. The van der Waals surface area contributed by atoms with E-state index in [1.165, 1.54) is 42.5 Å².